The molecule has 0 spiro atoms. The molecule has 1 amide bonds. The summed E-state index contributed by atoms with van der Waals surface area (Å²) in [6.07, 6.45) is 0.863. The molecule has 38 heavy (non-hydrogen) atoms. The summed E-state index contributed by atoms with van der Waals surface area (Å²) in [5.41, 5.74) is 4.43. The van der Waals surface area contributed by atoms with Crippen molar-refractivity contribution in [2.24, 2.45) is 0 Å². The van der Waals surface area contributed by atoms with E-state index in [1.54, 1.807) is 22.7 Å². The van der Waals surface area contributed by atoms with Gasteiger partial charge in [0.1, 0.15) is 0 Å². The lowest BCUT2D eigenvalue weighted by Crippen LogP contribution is -2.39. The number of carbonyl (C=O) groups excluding carboxylic acids is 1. The number of aromatic nitrogens is 2. The van der Waals surface area contributed by atoms with Gasteiger partial charge in [0.15, 0.2) is 5.13 Å². The van der Waals surface area contributed by atoms with Crippen LogP contribution in [-0.2, 0) is 4.74 Å². The van der Waals surface area contributed by atoms with Gasteiger partial charge in [0.2, 0.25) is 0 Å². The summed E-state index contributed by atoms with van der Waals surface area (Å²) in [6.45, 7) is 7.03. The number of thiazole rings is 1. The maximum absolute atomic E-state index is 14.3. The Morgan fingerprint density at radius 2 is 1.87 bits per heavy atom. The number of ether oxygens (including phenoxy) is 1. The number of carbonyl (C=O) groups is 1. The van der Waals surface area contributed by atoms with Gasteiger partial charge in [-0.25, -0.2) is 9.97 Å². The molecule has 3 aromatic heterocycles. The maximum atomic E-state index is 14.3. The highest BCUT2D eigenvalue weighted by molar-refractivity contribution is 7.22. The molecule has 0 aliphatic carbocycles. The summed E-state index contributed by atoms with van der Waals surface area (Å²) in [5, 5.41) is 3.64. The zero-order valence-corrected chi connectivity index (χ0v) is 23.6. The Morgan fingerprint density at radius 3 is 2.68 bits per heavy atom. The number of para-hydroxylation sites is 1. The first-order chi connectivity index (χ1) is 18.2. The van der Waals surface area contributed by atoms with E-state index in [0.29, 0.717) is 12.1 Å². The van der Waals surface area contributed by atoms with Gasteiger partial charge in [-0.2, -0.15) is 0 Å². The Labute approximate surface area is 236 Å². The molecule has 1 saturated heterocycles. The van der Waals surface area contributed by atoms with Gasteiger partial charge in [-0.05, 0) is 54.6 Å². The molecule has 1 aliphatic rings. The number of thiophene rings is 1. The predicted octanol–water partition coefficient (Wildman–Crippen LogP) is 6.67. The van der Waals surface area contributed by atoms with Gasteiger partial charge in [-0.3, -0.25) is 14.6 Å². The van der Waals surface area contributed by atoms with Crippen molar-refractivity contribution in [3.8, 4) is 10.6 Å². The first-order valence-corrected chi connectivity index (χ1v) is 14.3. The number of amides is 1. The zero-order valence-electron chi connectivity index (χ0n) is 21.1. The van der Waals surface area contributed by atoms with Crippen molar-refractivity contribution in [3.63, 3.8) is 0 Å². The number of aryl methyl sites for hydroxylation is 1. The van der Waals surface area contributed by atoms with Crippen molar-refractivity contribution in [1.82, 2.24) is 14.9 Å². The minimum absolute atomic E-state index is 0. The number of hydrogen-bond acceptors (Lipinski definition) is 7. The molecular weight excluding hydrogens is 536 g/mol. The highest BCUT2D eigenvalue weighted by Crippen LogP contribution is 2.33. The number of pyridine rings is 1. The number of anilines is 1. The van der Waals surface area contributed by atoms with Crippen molar-refractivity contribution >= 4 is 67.2 Å². The van der Waals surface area contributed by atoms with Gasteiger partial charge in [-0.15, -0.1) is 23.7 Å². The SMILES string of the molecule is Cc1ccc2nc(N(CCCN3CCOCC3)C(=O)c3cc(-c4cccs4)nc4ccccc34)sc2c1.Cl. The van der Waals surface area contributed by atoms with Gasteiger partial charge in [0.05, 0.1) is 45.1 Å². The molecule has 0 saturated carbocycles. The van der Waals surface area contributed by atoms with Crippen LogP contribution in [0.2, 0.25) is 0 Å². The second-order valence-corrected chi connectivity index (χ2v) is 11.2. The van der Waals surface area contributed by atoms with Crippen LogP contribution in [0, 0.1) is 6.92 Å². The molecule has 196 valence electrons. The van der Waals surface area contributed by atoms with E-state index >= 15 is 0 Å². The van der Waals surface area contributed by atoms with Crippen LogP contribution < -0.4 is 4.90 Å². The van der Waals surface area contributed by atoms with E-state index in [-0.39, 0.29) is 18.3 Å². The number of nitrogens with zero attached hydrogens (tertiary/aromatic N) is 4. The van der Waals surface area contributed by atoms with Crippen LogP contribution in [-0.4, -0.2) is 60.2 Å². The highest BCUT2D eigenvalue weighted by atomic mass is 35.5. The summed E-state index contributed by atoms with van der Waals surface area (Å²) in [7, 11) is 0. The second kappa shape index (κ2) is 11.9. The van der Waals surface area contributed by atoms with Gasteiger partial charge >= 0.3 is 0 Å². The third kappa shape index (κ3) is 5.60. The van der Waals surface area contributed by atoms with Crippen molar-refractivity contribution in [3.05, 3.63) is 77.2 Å². The lowest BCUT2D eigenvalue weighted by molar-refractivity contribution is 0.0376. The molecule has 0 N–H and O–H groups in total. The molecular formula is C29H29ClN4O2S2. The van der Waals surface area contributed by atoms with Crippen molar-refractivity contribution in [2.75, 3.05) is 44.3 Å². The van der Waals surface area contributed by atoms with Gasteiger partial charge in [0, 0.05) is 31.6 Å². The van der Waals surface area contributed by atoms with Crippen LogP contribution in [0.5, 0.6) is 0 Å². The first kappa shape index (κ1) is 26.7. The van der Waals surface area contributed by atoms with E-state index in [1.165, 1.54) is 5.56 Å². The van der Waals surface area contributed by atoms with Crippen LogP contribution in [0.1, 0.15) is 22.3 Å². The molecule has 0 radical (unpaired) electrons. The Bertz CT molecular complexity index is 1550. The Kier molecular flexibility index (Phi) is 8.35. The highest BCUT2D eigenvalue weighted by Gasteiger charge is 2.25. The number of morpholine rings is 1. The summed E-state index contributed by atoms with van der Waals surface area (Å²) < 4.78 is 6.60. The maximum Gasteiger partial charge on any atom is 0.260 e. The summed E-state index contributed by atoms with van der Waals surface area (Å²) in [4.78, 5) is 29.4. The van der Waals surface area contributed by atoms with Crippen LogP contribution in [0.25, 0.3) is 31.7 Å². The van der Waals surface area contributed by atoms with Crippen LogP contribution in [0.15, 0.2) is 66.0 Å². The third-order valence-electron chi connectivity index (χ3n) is 6.69. The molecule has 4 heterocycles. The third-order valence-corrected chi connectivity index (χ3v) is 8.62. The van der Waals surface area contributed by atoms with E-state index in [9.17, 15) is 4.79 Å². The molecule has 2 aromatic carbocycles. The van der Waals surface area contributed by atoms with Crippen LogP contribution in [0.4, 0.5) is 5.13 Å². The largest absolute Gasteiger partial charge is 0.379 e. The number of rotatable bonds is 7. The quantitative estimate of drug-likeness (QED) is 0.221. The van der Waals surface area contributed by atoms with Crippen LogP contribution in [0.3, 0.4) is 0 Å². The monoisotopic (exact) mass is 564 g/mol. The molecule has 9 heteroatoms. The van der Waals surface area contributed by atoms with E-state index in [1.807, 2.05) is 58.8 Å². The molecule has 1 aliphatic heterocycles. The van der Waals surface area contributed by atoms with E-state index in [2.05, 4.69) is 24.0 Å². The summed E-state index contributed by atoms with van der Waals surface area (Å²) in [5.74, 6) is -0.0332. The zero-order chi connectivity index (χ0) is 25.2. The van der Waals surface area contributed by atoms with Crippen molar-refractivity contribution in [1.29, 1.82) is 0 Å². The fourth-order valence-corrected chi connectivity index (χ4v) is 6.52. The lowest BCUT2D eigenvalue weighted by Gasteiger charge is -2.28. The van der Waals surface area contributed by atoms with Gasteiger partial charge in [-0.1, -0.05) is 41.7 Å². The Morgan fingerprint density at radius 1 is 1.03 bits per heavy atom. The molecule has 0 atom stereocenters. The fourth-order valence-electron chi connectivity index (χ4n) is 4.74. The summed E-state index contributed by atoms with van der Waals surface area (Å²) in [6, 6.07) is 20.2. The minimum Gasteiger partial charge on any atom is -0.379 e. The van der Waals surface area contributed by atoms with E-state index < -0.39 is 0 Å². The first-order valence-electron chi connectivity index (χ1n) is 12.6. The van der Waals surface area contributed by atoms with Crippen molar-refractivity contribution < 1.29 is 9.53 Å². The molecule has 6 rings (SSSR count). The molecule has 1 fully saturated rings. The number of halogens is 1. The number of fused-ring (bicyclic) bond motifs is 2. The molecule has 6 nitrogen and oxygen atoms in total. The van der Waals surface area contributed by atoms with E-state index in [4.69, 9.17) is 14.7 Å². The Balaban J connectivity index is 0.00000294. The lowest BCUT2D eigenvalue weighted by atomic mass is 10.1. The molecule has 5 aromatic rings. The minimum atomic E-state index is -0.0332. The van der Waals surface area contributed by atoms with E-state index in [0.717, 1.165) is 76.1 Å². The standard InChI is InChI=1S/C29H28N4O2S2.ClH/c1-20-9-10-24-27(18-20)37-29(31-24)33(12-5-11-32-13-15-35-16-14-32)28(34)22-19-25(26-8-4-17-36-26)30-23-7-3-2-6-21(22)23;/h2-4,6-10,17-19H,5,11-16H2,1H3;1H. The molecule has 0 bridgehead atoms. The smallest absolute Gasteiger partial charge is 0.260 e. The topological polar surface area (TPSA) is 58.6 Å². The summed E-state index contributed by atoms with van der Waals surface area (Å²) >= 11 is 3.21. The van der Waals surface area contributed by atoms with Gasteiger partial charge < -0.3 is 4.74 Å². The second-order valence-electron chi connectivity index (χ2n) is 9.28. The Hall–Kier alpha value is -2.88. The van der Waals surface area contributed by atoms with Crippen LogP contribution >= 0.6 is 35.1 Å². The normalized spacial score (nSPS) is 14.0. The molecule has 0 unspecified atom stereocenters. The number of hydrogen-bond donors (Lipinski definition) is 0. The predicted molar refractivity (Wildman–Crippen MR) is 160 cm³/mol. The van der Waals surface area contributed by atoms with Gasteiger partial charge in [0.25, 0.3) is 5.91 Å². The average Bonchev–Trinajstić information content (AvgIpc) is 3.61. The average molecular weight is 565 g/mol. The fraction of sp³-hybridized carbons (Fsp3) is 0.276. The van der Waals surface area contributed by atoms with Crippen molar-refractivity contribution in [2.45, 2.75) is 13.3 Å². The number of benzene rings is 2.